The lowest BCUT2D eigenvalue weighted by Crippen LogP contribution is -2.49. The van der Waals surface area contributed by atoms with Crippen molar-refractivity contribution in [1.82, 2.24) is 0 Å². The van der Waals surface area contributed by atoms with E-state index in [1.165, 1.54) is 11.1 Å². The number of ether oxygens (including phenoxy) is 1. The molecule has 3 heteroatoms. The molecule has 0 aromatic heterocycles. The predicted molar refractivity (Wildman–Crippen MR) is 63.1 cm³/mol. The lowest BCUT2D eigenvalue weighted by Gasteiger charge is -2.45. The van der Waals surface area contributed by atoms with Gasteiger partial charge >= 0.3 is 0 Å². The highest BCUT2D eigenvalue weighted by Gasteiger charge is 2.43. The smallest absolute Gasteiger partial charge is 0.0713 e. The Morgan fingerprint density at radius 2 is 2.00 bits per heavy atom. The van der Waals surface area contributed by atoms with Crippen molar-refractivity contribution < 1.29 is 9.84 Å². The van der Waals surface area contributed by atoms with Crippen LogP contribution in [0.1, 0.15) is 24.0 Å². The van der Waals surface area contributed by atoms with E-state index in [-0.39, 0.29) is 11.5 Å². The van der Waals surface area contributed by atoms with Gasteiger partial charge in [0, 0.05) is 19.1 Å². The Morgan fingerprint density at radius 1 is 1.38 bits per heavy atom. The second-order valence-electron chi connectivity index (χ2n) is 4.68. The monoisotopic (exact) mass is 221 g/mol. The SMILES string of the molecule is COCc1ccc(C2(CN)CC(O)C2)cc1. The van der Waals surface area contributed by atoms with Crippen molar-refractivity contribution in [2.75, 3.05) is 13.7 Å². The number of aliphatic hydroxyl groups excluding tert-OH is 1. The van der Waals surface area contributed by atoms with E-state index in [1.807, 2.05) is 0 Å². The molecule has 1 aromatic carbocycles. The summed E-state index contributed by atoms with van der Waals surface area (Å²) >= 11 is 0. The molecule has 3 nitrogen and oxygen atoms in total. The maximum Gasteiger partial charge on any atom is 0.0713 e. The van der Waals surface area contributed by atoms with E-state index in [2.05, 4.69) is 24.3 Å². The average molecular weight is 221 g/mol. The Balaban J connectivity index is 2.14. The minimum absolute atomic E-state index is 0.00498. The van der Waals surface area contributed by atoms with Gasteiger partial charge in [0.2, 0.25) is 0 Å². The normalized spacial score (nSPS) is 28.8. The Hall–Kier alpha value is -0.900. The van der Waals surface area contributed by atoms with Crippen molar-refractivity contribution in [3.8, 4) is 0 Å². The summed E-state index contributed by atoms with van der Waals surface area (Å²) < 4.78 is 5.07. The molecule has 88 valence electrons. The first-order valence-corrected chi connectivity index (χ1v) is 5.67. The fourth-order valence-electron chi connectivity index (χ4n) is 2.48. The first-order chi connectivity index (χ1) is 7.70. The second kappa shape index (κ2) is 4.53. The van der Waals surface area contributed by atoms with E-state index in [0.717, 1.165) is 12.8 Å². The highest BCUT2D eigenvalue weighted by Crippen LogP contribution is 2.42. The summed E-state index contributed by atoms with van der Waals surface area (Å²) in [5.74, 6) is 0. The van der Waals surface area contributed by atoms with Gasteiger partial charge in [-0.05, 0) is 24.0 Å². The van der Waals surface area contributed by atoms with Gasteiger partial charge < -0.3 is 15.6 Å². The molecule has 1 aliphatic carbocycles. The van der Waals surface area contributed by atoms with E-state index in [4.69, 9.17) is 10.5 Å². The highest BCUT2D eigenvalue weighted by molar-refractivity contribution is 5.32. The Morgan fingerprint density at radius 3 is 2.44 bits per heavy atom. The molecule has 0 aliphatic heterocycles. The summed E-state index contributed by atoms with van der Waals surface area (Å²) in [5, 5.41) is 9.44. The number of aliphatic hydroxyl groups is 1. The minimum atomic E-state index is -0.179. The van der Waals surface area contributed by atoms with Crippen molar-refractivity contribution >= 4 is 0 Å². The summed E-state index contributed by atoms with van der Waals surface area (Å²) in [6.45, 7) is 1.24. The Bertz CT molecular complexity index is 341. The number of methoxy groups -OCH3 is 1. The molecule has 0 unspecified atom stereocenters. The molecular formula is C13H19NO2. The summed E-state index contributed by atoms with van der Waals surface area (Å²) in [5.41, 5.74) is 8.23. The van der Waals surface area contributed by atoms with Crippen LogP contribution >= 0.6 is 0 Å². The van der Waals surface area contributed by atoms with Crippen LogP contribution in [0.15, 0.2) is 24.3 Å². The largest absolute Gasteiger partial charge is 0.393 e. The molecule has 1 aromatic rings. The first kappa shape index (κ1) is 11.6. The predicted octanol–water partition coefficient (Wildman–Crippen LogP) is 1.18. The quantitative estimate of drug-likeness (QED) is 0.803. The topological polar surface area (TPSA) is 55.5 Å². The van der Waals surface area contributed by atoms with Crippen LogP contribution in [0.2, 0.25) is 0 Å². The van der Waals surface area contributed by atoms with Crippen LogP contribution in [0.25, 0.3) is 0 Å². The van der Waals surface area contributed by atoms with Crippen molar-refractivity contribution in [3.05, 3.63) is 35.4 Å². The molecule has 0 amide bonds. The van der Waals surface area contributed by atoms with Gasteiger partial charge in [-0.15, -0.1) is 0 Å². The molecule has 2 rings (SSSR count). The van der Waals surface area contributed by atoms with Gasteiger partial charge in [-0.1, -0.05) is 24.3 Å². The van der Waals surface area contributed by atoms with Gasteiger partial charge in [0.05, 0.1) is 12.7 Å². The first-order valence-electron chi connectivity index (χ1n) is 5.67. The lowest BCUT2D eigenvalue weighted by atomic mass is 9.63. The van der Waals surface area contributed by atoms with Crippen LogP contribution < -0.4 is 5.73 Å². The molecule has 0 bridgehead atoms. The van der Waals surface area contributed by atoms with E-state index in [1.54, 1.807) is 7.11 Å². The zero-order valence-corrected chi connectivity index (χ0v) is 9.65. The van der Waals surface area contributed by atoms with E-state index >= 15 is 0 Å². The summed E-state index contributed by atoms with van der Waals surface area (Å²) in [7, 11) is 1.69. The van der Waals surface area contributed by atoms with E-state index in [9.17, 15) is 5.11 Å². The molecular weight excluding hydrogens is 202 g/mol. The molecule has 3 N–H and O–H groups in total. The maximum atomic E-state index is 9.44. The van der Waals surface area contributed by atoms with Crippen LogP contribution in [0.3, 0.4) is 0 Å². The third kappa shape index (κ3) is 1.98. The molecule has 0 spiro atoms. The van der Waals surface area contributed by atoms with Crippen LogP contribution in [-0.2, 0) is 16.8 Å². The Labute approximate surface area is 96.2 Å². The standard InChI is InChI=1S/C13H19NO2/c1-16-8-10-2-4-11(5-3-10)13(9-14)6-12(15)7-13/h2-5,12,15H,6-9,14H2,1H3. The maximum absolute atomic E-state index is 9.44. The van der Waals surface area contributed by atoms with Crippen LogP contribution in [0, 0.1) is 0 Å². The molecule has 1 saturated carbocycles. The van der Waals surface area contributed by atoms with Gasteiger partial charge in [0.25, 0.3) is 0 Å². The number of nitrogens with two attached hydrogens (primary N) is 1. The highest BCUT2D eigenvalue weighted by atomic mass is 16.5. The fourth-order valence-corrected chi connectivity index (χ4v) is 2.48. The zero-order valence-electron chi connectivity index (χ0n) is 9.65. The van der Waals surface area contributed by atoms with Gasteiger partial charge in [0.15, 0.2) is 0 Å². The van der Waals surface area contributed by atoms with Crippen LogP contribution in [0.4, 0.5) is 0 Å². The van der Waals surface area contributed by atoms with Crippen LogP contribution in [-0.4, -0.2) is 24.9 Å². The van der Waals surface area contributed by atoms with Crippen molar-refractivity contribution in [1.29, 1.82) is 0 Å². The van der Waals surface area contributed by atoms with Gasteiger partial charge in [0.1, 0.15) is 0 Å². The van der Waals surface area contributed by atoms with Gasteiger partial charge in [-0.2, -0.15) is 0 Å². The molecule has 0 heterocycles. The molecule has 16 heavy (non-hydrogen) atoms. The number of hydrogen-bond donors (Lipinski definition) is 2. The third-order valence-electron chi connectivity index (χ3n) is 3.52. The van der Waals surface area contributed by atoms with Gasteiger partial charge in [-0.25, -0.2) is 0 Å². The van der Waals surface area contributed by atoms with E-state index < -0.39 is 0 Å². The number of rotatable bonds is 4. The van der Waals surface area contributed by atoms with E-state index in [0.29, 0.717) is 13.2 Å². The van der Waals surface area contributed by atoms with Crippen molar-refractivity contribution in [3.63, 3.8) is 0 Å². The number of hydrogen-bond acceptors (Lipinski definition) is 3. The van der Waals surface area contributed by atoms with Gasteiger partial charge in [-0.3, -0.25) is 0 Å². The third-order valence-corrected chi connectivity index (χ3v) is 3.52. The van der Waals surface area contributed by atoms with Crippen LogP contribution in [0.5, 0.6) is 0 Å². The minimum Gasteiger partial charge on any atom is -0.393 e. The second-order valence-corrected chi connectivity index (χ2v) is 4.68. The summed E-state index contributed by atoms with van der Waals surface area (Å²) in [6, 6.07) is 8.35. The molecule has 0 saturated heterocycles. The molecule has 0 atom stereocenters. The lowest BCUT2D eigenvalue weighted by molar-refractivity contribution is 0.0221. The molecule has 1 aliphatic rings. The van der Waals surface area contributed by atoms with Crippen molar-refractivity contribution in [2.24, 2.45) is 5.73 Å². The molecule has 1 fully saturated rings. The number of benzene rings is 1. The fraction of sp³-hybridized carbons (Fsp3) is 0.538. The Kier molecular flexibility index (Phi) is 3.28. The molecule has 0 radical (unpaired) electrons. The average Bonchev–Trinajstić information content (AvgIpc) is 2.26. The zero-order chi connectivity index (χ0) is 11.6. The van der Waals surface area contributed by atoms with Crippen molar-refractivity contribution in [2.45, 2.75) is 31.0 Å². The summed E-state index contributed by atoms with van der Waals surface area (Å²) in [4.78, 5) is 0. The summed E-state index contributed by atoms with van der Waals surface area (Å²) in [6.07, 6.45) is 1.39.